The van der Waals surface area contributed by atoms with Crippen LogP contribution in [0.2, 0.25) is 0 Å². The molecule has 0 heterocycles. The summed E-state index contributed by atoms with van der Waals surface area (Å²) < 4.78 is 0. The molecular formula is C27H44O3. The van der Waals surface area contributed by atoms with Crippen LogP contribution in [0.5, 0.6) is 0 Å². The summed E-state index contributed by atoms with van der Waals surface area (Å²) in [7, 11) is 0. The maximum absolute atomic E-state index is 10.1. The van der Waals surface area contributed by atoms with Crippen molar-refractivity contribution in [3.8, 4) is 0 Å². The van der Waals surface area contributed by atoms with Gasteiger partial charge < -0.3 is 15.3 Å². The minimum atomic E-state index is -0.628. The molecule has 2 aliphatic carbocycles. The van der Waals surface area contributed by atoms with E-state index in [1.807, 2.05) is 6.92 Å². The summed E-state index contributed by atoms with van der Waals surface area (Å²) in [6, 6.07) is 0. The normalized spacial score (nSPS) is 32.6. The van der Waals surface area contributed by atoms with Crippen molar-refractivity contribution in [3.63, 3.8) is 0 Å². The van der Waals surface area contributed by atoms with Crippen molar-refractivity contribution in [1.82, 2.24) is 0 Å². The van der Waals surface area contributed by atoms with Gasteiger partial charge in [-0.05, 0) is 81.1 Å². The maximum Gasteiger partial charge on any atom is 0.0809 e. The van der Waals surface area contributed by atoms with Gasteiger partial charge in [0.1, 0.15) is 0 Å². The van der Waals surface area contributed by atoms with E-state index in [4.69, 9.17) is 0 Å². The van der Waals surface area contributed by atoms with E-state index in [2.05, 4.69) is 51.7 Å². The monoisotopic (exact) mass is 416 g/mol. The third-order valence-electron chi connectivity index (χ3n) is 7.31. The summed E-state index contributed by atoms with van der Waals surface area (Å²) >= 11 is 0. The molecule has 0 aromatic rings. The van der Waals surface area contributed by atoms with E-state index in [0.29, 0.717) is 42.1 Å². The quantitative estimate of drug-likeness (QED) is 0.421. The molecule has 0 aromatic carbocycles. The number of aliphatic hydroxyl groups excluding tert-OH is 3. The molecule has 3 nitrogen and oxygen atoms in total. The molecule has 0 aliphatic heterocycles. The molecule has 3 heteroatoms. The van der Waals surface area contributed by atoms with Crippen molar-refractivity contribution in [2.75, 3.05) is 0 Å². The standard InChI is InChI=1S/C27H44O3/c1-6-7-11-23(13-12-22-16-26(29)21(5)27(30)17-22)25-15-14-24(20(25)4)18(2)9-8-10-19(3)28/h8-9,12-13,18-20,24-30H,5-7,10-11,14-17H2,1-4H3/b9-8+,23-13+/t18-,19+,20+,24?,25-,26-,27-/m1/s1. The van der Waals surface area contributed by atoms with Crippen LogP contribution >= 0.6 is 0 Å². The van der Waals surface area contributed by atoms with Crippen LogP contribution in [0.25, 0.3) is 0 Å². The van der Waals surface area contributed by atoms with E-state index in [1.54, 1.807) is 0 Å². The molecule has 0 spiro atoms. The predicted octanol–water partition coefficient (Wildman–Crippen LogP) is 5.73. The molecule has 0 bridgehead atoms. The topological polar surface area (TPSA) is 60.7 Å². The fraction of sp³-hybridized carbons (Fsp3) is 0.704. The summed E-state index contributed by atoms with van der Waals surface area (Å²) in [6.07, 6.45) is 15.3. The van der Waals surface area contributed by atoms with Gasteiger partial charge in [-0.25, -0.2) is 0 Å². The number of hydrogen-bond donors (Lipinski definition) is 3. The zero-order valence-electron chi connectivity index (χ0n) is 19.6. The van der Waals surface area contributed by atoms with E-state index in [1.165, 1.54) is 31.3 Å². The number of hydrogen-bond acceptors (Lipinski definition) is 3. The molecule has 30 heavy (non-hydrogen) atoms. The van der Waals surface area contributed by atoms with Crippen molar-refractivity contribution in [1.29, 1.82) is 0 Å². The molecule has 3 N–H and O–H groups in total. The molecule has 0 amide bonds. The van der Waals surface area contributed by atoms with Crippen molar-refractivity contribution in [2.45, 2.75) is 97.4 Å². The van der Waals surface area contributed by atoms with Gasteiger partial charge in [0, 0.05) is 0 Å². The van der Waals surface area contributed by atoms with E-state index in [-0.39, 0.29) is 6.10 Å². The van der Waals surface area contributed by atoms with Crippen LogP contribution < -0.4 is 0 Å². The van der Waals surface area contributed by atoms with Gasteiger partial charge in [0.2, 0.25) is 0 Å². The lowest BCUT2D eigenvalue weighted by molar-refractivity contribution is 0.123. The summed E-state index contributed by atoms with van der Waals surface area (Å²) in [6.45, 7) is 12.6. The van der Waals surface area contributed by atoms with Crippen LogP contribution in [0.15, 0.2) is 47.6 Å². The average molecular weight is 417 g/mol. The van der Waals surface area contributed by atoms with E-state index >= 15 is 0 Å². The van der Waals surface area contributed by atoms with Gasteiger partial charge in [-0.15, -0.1) is 0 Å². The van der Waals surface area contributed by atoms with Gasteiger partial charge >= 0.3 is 0 Å². The lowest BCUT2D eigenvalue weighted by Crippen LogP contribution is -2.27. The van der Waals surface area contributed by atoms with Gasteiger partial charge in [0.05, 0.1) is 18.3 Å². The van der Waals surface area contributed by atoms with Crippen LogP contribution in [0.4, 0.5) is 0 Å². The maximum atomic E-state index is 10.1. The first kappa shape index (κ1) is 25.1. The Morgan fingerprint density at radius 2 is 1.83 bits per heavy atom. The van der Waals surface area contributed by atoms with Crippen molar-refractivity contribution < 1.29 is 15.3 Å². The third kappa shape index (κ3) is 6.93. The van der Waals surface area contributed by atoms with Gasteiger partial charge in [-0.2, -0.15) is 0 Å². The molecule has 2 rings (SSSR count). The highest BCUT2D eigenvalue weighted by Gasteiger charge is 2.36. The second-order valence-electron chi connectivity index (χ2n) is 9.76. The lowest BCUT2D eigenvalue weighted by Gasteiger charge is -2.28. The van der Waals surface area contributed by atoms with Crippen LogP contribution in [0, 0.1) is 23.7 Å². The fourth-order valence-electron chi connectivity index (χ4n) is 5.29. The Balaban J connectivity index is 2.11. The Morgan fingerprint density at radius 3 is 2.43 bits per heavy atom. The average Bonchev–Trinajstić information content (AvgIpc) is 3.07. The number of allylic oxidation sites excluding steroid dienone is 4. The minimum absolute atomic E-state index is 0.271. The van der Waals surface area contributed by atoms with E-state index < -0.39 is 12.2 Å². The molecule has 170 valence electrons. The second-order valence-corrected chi connectivity index (χ2v) is 9.76. The van der Waals surface area contributed by atoms with Crippen LogP contribution in [-0.2, 0) is 0 Å². The number of rotatable bonds is 9. The van der Waals surface area contributed by atoms with Crippen LogP contribution in [-0.4, -0.2) is 33.6 Å². The molecular weight excluding hydrogens is 372 g/mol. The van der Waals surface area contributed by atoms with Gasteiger partial charge in [0.15, 0.2) is 0 Å². The molecule has 7 atom stereocenters. The van der Waals surface area contributed by atoms with Crippen LogP contribution in [0.1, 0.15) is 79.1 Å². The molecule has 0 radical (unpaired) electrons. The summed E-state index contributed by atoms with van der Waals surface area (Å²) in [5, 5.41) is 29.8. The largest absolute Gasteiger partial charge is 0.393 e. The lowest BCUT2D eigenvalue weighted by atomic mass is 9.79. The molecule has 2 aliphatic rings. The molecule has 1 unspecified atom stereocenters. The summed E-state index contributed by atoms with van der Waals surface area (Å²) in [5.41, 5.74) is 3.20. The summed E-state index contributed by atoms with van der Waals surface area (Å²) in [5.74, 6) is 2.46. The van der Waals surface area contributed by atoms with E-state index in [0.717, 1.165) is 18.4 Å². The third-order valence-corrected chi connectivity index (χ3v) is 7.31. The van der Waals surface area contributed by atoms with Crippen molar-refractivity contribution >= 4 is 0 Å². The highest BCUT2D eigenvalue weighted by Crippen LogP contribution is 2.46. The van der Waals surface area contributed by atoms with Gasteiger partial charge in [-0.1, -0.05) is 69.2 Å². The predicted molar refractivity (Wildman–Crippen MR) is 126 cm³/mol. The van der Waals surface area contributed by atoms with Crippen molar-refractivity contribution in [2.24, 2.45) is 23.7 Å². The Hall–Kier alpha value is -1.16. The minimum Gasteiger partial charge on any atom is -0.393 e. The first-order valence-electron chi connectivity index (χ1n) is 12.0. The smallest absolute Gasteiger partial charge is 0.0809 e. The molecule has 0 saturated heterocycles. The highest BCUT2D eigenvalue weighted by atomic mass is 16.3. The Labute approximate surface area is 184 Å². The highest BCUT2D eigenvalue weighted by molar-refractivity contribution is 5.28. The van der Waals surface area contributed by atoms with Crippen molar-refractivity contribution in [3.05, 3.63) is 47.6 Å². The molecule has 0 aromatic heterocycles. The second kappa shape index (κ2) is 12.0. The van der Waals surface area contributed by atoms with Crippen LogP contribution in [0.3, 0.4) is 0 Å². The zero-order chi connectivity index (χ0) is 22.3. The molecule has 2 saturated carbocycles. The SMILES string of the molecule is C=C1[C@H](O)CC(=C/C=C(\CCCC)[C@@H]2CCC([C@H](C)/C=C/C[C@H](C)O)[C@@H]2C)C[C@H]1O. The first-order chi connectivity index (χ1) is 14.2. The first-order valence-corrected chi connectivity index (χ1v) is 12.0. The zero-order valence-corrected chi connectivity index (χ0v) is 19.6. The summed E-state index contributed by atoms with van der Waals surface area (Å²) in [4.78, 5) is 0. The Bertz CT molecular complexity index is 626. The van der Waals surface area contributed by atoms with Gasteiger partial charge in [-0.3, -0.25) is 0 Å². The number of aliphatic hydroxyl groups is 3. The molecule has 2 fully saturated rings. The van der Waals surface area contributed by atoms with E-state index in [9.17, 15) is 15.3 Å². The number of unbranched alkanes of at least 4 members (excludes halogenated alkanes) is 1. The van der Waals surface area contributed by atoms with Gasteiger partial charge in [0.25, 0.3) is 0 Å². The Kier molecular flexibility index (Phi) is 10.1. The Morgan fingerprint density at radius 1 is 1.17 bits per heavy atom. The fourth-order valence-corrected chi connectivity index (χ4v) is 5.29.